The number of nitrogens with one attached hydrogen (secondary N) is 1. The molecule has 2 atom stereocenters. The molecule has 3 rings (SSSR count). The van der Waals surface area contributed by atoms with Crippen LogP contribution in [0.15, 0.2) is 18.2 Å². The maximum atomic E-state index is 13.0. The van der Waals surface area contributed by atoms with Crippen molar-refractivity contribution in [2.45, 2.75) is 51.6 Å². The van der Waals surface area contributed by atoms with Gasteiger partial charge >= 0.3 is 6.03 Å². The van der Waals surface area contributed by atoms with Crippen molar-refractivity contribution in [1.82, 2.24) is 10.2 Å². The summed E-state index contributed by atoms with van der Waals surface area (Å²) in [5.74, 6) is 1.33. The van der Waals surface area contributed by atoms with Gasteiger partial charge in [0.1, 0.15) is 5.54 Å². The van der Waals surface area contributed by atoms with Crippen molar-refractivity contribution >= 4 is 11.9 Å². The van der Waals surface area contributed by atoms with Crippen molar-refractivity contribution < 1.29 is 19.1 Å². The Labute approximate surface area is 148 Å². The third-order valence-electron chi connectivity index (χ3n) is 5.37. The lowest BCUT2D eigenvalue weighted by Gasteiger charge is -2.36. The van der Waals surface area contributed by atoms with E-state index in [0.29, 0.717) is 18.1 Å². The third kappa shape index (κ3) is 3.05. The van der Waals surface area contributed by atoms with E-state index in [1.807, 2.05) is 19.1 Å². The Morgan fingerprint density at radius 3 is 2.76 bits per heavy atom. The van der Waals surface area contributed by atoms with Gasteiger partial charge in [0.05, 0.1) is 20.3 Å². The molecule has 0 radical (unpaired) electrons. The minimum Gasteiger partial charge on any atom is -0.493 e. The molecule has 3 amide bonds. The molecule has 6 heteroatoms. The number of ether oxygens (including phenoxy) is 2. The van der Waals surface area contributed by atoms with Crippen molar-refractivity contribution in [1.29, 1.82) is 0 Å². The average molecular weight is 346 g/mol. The molecular formula is C19H26N2O4. The average Bonchev–Trinajstić information content (AvgIpc) is 2.83. The summed E-state index contributed by atoms with van der Waals surface area (Å²) in [5, 5.41) is 2.98. The van der Waals surface area contributed by atoms with Crippen LogP contribution in [-0.4, -0.2) is 36.1 Å². The number of benzene rings is 1. The summed E-state index contributed by atoms with van der Waals surface area (Å²) >= 11 is 0. The molecule has 0 unspecified atom stereocenters. The molecule has 1 saturated carbocycles. The topological polar surface area (TPSA) is 67.9 Å². The van der Waals surface area contributed by atoms with Crippen molar-refractivity contribution in [3.8, 4) is 11.5 Å². The SMILES string of the molecule is CCOc1cc(CN2C(=O)N[C@]3(CCCC[C@@H]3C)C2=O)ccc1OC. The van der Waals surface area contributed by atoms with Crippen LogP contribution in [0.3, 0.4) is 0 Å². The van der Waals surface area contributed by atoms with E-state index in [1.54, 1.807) is 13.2 Å². The number of hydrogen-bond donors (Lipinski definition) is 1. The van der Waals surface area contributed by atoms with Crippen LogP contribution >= 0.6 is 0 Å². The standard InChI is InChI=1S/C19H26N2O4/c1-4-25-16-11-14(8-9-15(16)24-3)12-21-17(22)19(20-18(21)23)10-6-5-7-13(19)2/h8-9,11,13H,4-7,10,12H2,1-3H3,(H,20,23)/t13-,19-/m0/s1. The molecule has 1 spiro atoms. The van der Waals surface area contributed by atoms with Crippen molar-refractivity contribution in [2.24, 2.45) is 5.92 Å². The number of hydrogen-bond acceptors (Lipinski definition) is 4. The van der Waals surface area contributed by atoms with E-state index in [9.17, 15) is 9.59 Å². The molecule has 1 aliphatic carbocycles. The second-order valence-electron chi connectivity index (χ2n) is 6.86. The van der Waals surface area contributed by atoms with Gasteiger partial charge in [-0.25, -0.2) is 4.79 Å². The van der Waals surface area contributed by atoms with Crippen LogP contribution in [-0.2, 0) is 11.3 Å². The van der Waals surface area contributed by atoms with E-state index in [-0.39, 0.29) is 24.4 Å². The van der Waals surface area contributed by atoms with Crippen molar-refractivity contribution in [3.63, 3.8) is 0 Å². The number of nitrogens with zero attached hydrogens (tertiary/aromatic N) is 1. The van der Waals surface area contributed by atoms with Gasteiger partial charge in [0.25, 0.3) is 5.91 Å². The smallest absolute Gasteiger partial charge is 0.325 e. The highest BCUT2D eigenvalue weighted by Crippen LogP contribution is 2.39. The summed E-state index contributed by atoms with van der Waals surface area (Å²) in [4.78, 5) is 26.8. The van der Waals surface area contributed by atoms with Gasteiger partial charge in [-0.3, -0.25) is 9.69 Å². The van der Waals surface area contributed by atoms with E-state index < -0.39 is 5.54 Å². The number of urea groups is 1. The van der Waals surface area contributed by atoms with E-state index in [4.69, 9.17) is 9.47 Å². The Balaban J connectivity index is 1.82. The molecule has 136 valence electrons. The van der Waals surface area contributed by atoms with Crippen molar-refractivity contribution in [2.75, 3.05) is 13.7 Å². The zero-order chi connectivity index (χ0) is 18.0. The molecular weight excluding hydrogens is 320 g/mol. The number of carbonyl (C=O) groups is 2. The summed E-state index contributed by atoms with van der Waals surface area (Å²) in [6, 6.07) is 5.19. The number of amides is 3. The summed E-state index contributed by atoms with van der Waals surface area (Å²) in [7, 11) is 1.59. The molecule has 1 aliphatic heterocycles. The Morgan fingerprint density at radius 2 is 2.08 bits per heavy atom. The van der Waals surface area contributed by atoms with Gasteiger partial charge in [0.2, 0.25) is 0 Å². The Hall–Kier alpha value is -2.24. The molecule has 1 saturated heterocycles. The first kappa shape index (κ1) is 17.6. The second-order valence-corrected chi connectivity index (χ2v) is 6.86. The minimum atomic E-state index is -0.718. The molecule has 0 aromatic heterocycles. The lowest BCUT2D eigenvalue weighted by atomic mass is 9.73. The molecule has 2 aliphatic rings. The first-order valence-corrected chi connectivity index (χ1v) is 8.95. The fourth-order valence-electron chi connectivity index (χ4n) is 3.91. The molecule has 1 N–H and O–H groups in total. The predicted molar refractivity (Wildman–Crippen MR) is 93.6 cm³/mol. The first-order valence-electron chi connectivity index (χ1n) is 8.95. The number of imide groups is 1. The highest BCUT2D eigenvalue weighted by Gasteiger charge is 2.54. The second kappa shape index (κ2) is 6.94. The number of carbonyl (C=O) groups excluding carboxylic acids is 2. The number of rotatable bonds is 5. The Bertz CT molecular complexity index is 675. The van der Waals surface area contributed by atoms with Gasteiger partial charge in [-0.05, 0) is 43.4 Å². The zero-order valence-corrected chi connectivity index (χ0v) is 15.1. The summed E-state index contributed by atoms with van der Waals surface area (Å²) in [5.41, 5.74) is 0.123. The molecule has 1 aromatic rings. The maximum absolute atomic E-state index is 13.0. The summed E-state index contributed by atoms with van der Waals surface area (Å²) < 4.78 is 10.9. The molecule has 1 heterocycles. The van der Waals surface area contributed by atoms with Crippen LogP contribution in [0.4, 0.5) is 4.79 Å². The van der Waals surface area contributed by atoms with Crippen LogP contribution in [0.1, 0.15) is 45.1 Å². The van der Waals surface area contributed by atoms with E-state index >= 15 is 0 Å². The molecule has 6 nitrogen and oxygen atoms in total. The van der Waals surface area contributed by atoms with Gasteiger partial charge in [0, 0.05) is 0 Å². The van der Waals surface area contributed by atoms with E-state index in [0.717, 1.165) is 31.2 Å². The molecule has 25 heavy (non-hydrogen) atoms. The molecule has 1 aromatic carbocycles. The van der Waals surface area contributed by atoms with Gasteiger partial charge in [-0.15, -0.1) is 0 Å². The fraction of sp³-hybridized carbons (Fsp3) is 0.579. The number of methoxy groups -OCH3 is 1. The van der Waals surface area contributed by atoms with Gasteiger partial charge < -0.3 is 14.8 Å². The Kier molecular flexibility index (Phi) is 4.88. The normalized spacial score (nSPS) is 26.0. The molecule has 2 fully saturated rings. The van der Waals surface area contributed by atoms with E-state index in [2.05, 4.69) is 12.2 Å². The highest BCUT2D eigenvalue weighted by molar-refractivity contribution is 6.07. The quantitative estimate of drug-likeness (QED) is 0.832. The fourth-order valence-corrected chi connectivity index (χ4v) is 3.91. The van der Waals surface area contributed by atoms with Gasteiger partial charge in [-0.1, -0.05) is 25.8 Å². The lowest BCUT2D eigenvalue weighted by molar-refractivity contribution is -0.134. The first-order chi connectivity index (χ1) is 12.0. The largest absolute Gasteiger partial charge is 0.493 e. The minimum absolute atomic E-state index is 0.0986. The maximum Gasteiger partial charge on any atom is 0.325 e. The highest BCUT2D eigenvalue weighted by atomic mass is 16.5. The summed E-state index contributed by atoms with van der Waals surface area (Å²) in [6.45, 7) is 4.71. The Morgan fingerprint density at radius 1 is 1.28 bits per heavy atom. The lowest BCUT2D eigenvalue weighted by Crippen LogP contribution is -2.53. The monoisotopic (exact) mass is 346 g/mol. The summed E-state index contributed by atoms with van der Waals surface area (Å²) in [6.07, 6.45) is 3.78. The third-order valence-corrected chi connectivity index (χ3v) is 5.37. The van der Waals surface area contributed by atoms with Crippen molar-refractivity contribution in [3.05, 3.63) is 23.8 Å². The van der Waals surface area contributed by atoms with Gasteiger partial charge in [-0.2, -0.15) is 0 Å². The van der Waals surface area contributed by atoms with Gasteiger partial charge in [0.15, 0.2) is 11.5 Å². The zero-order valence-electron chi connectivity index (χ0n) is 15.1. The van der Waals surface area contributed by atoms with E-state index in [1.165, 1.54) is 4.90 Å². The van der Waals surface area contributed by atoms with Crippen LogP contribution in [0.5, 0.6) is 11.5 Å². The van der Waals surface area contributed by atoms with Crippen LogP contribution < -0.4 is 14.8 Å². The van der Waals surface area contributed by atoms with Crippen LogP contribution in [0.2, 0.25) is 0 Å². The molecule has 0 bridgehead atoms. The van der Waals surface area contributed by atoms with Crippen LogP contribution in [0, 0.1) is 5.92 Å². The van der Waals surface area contributed by atoms with Crippen LogP contribution in [0.25, 0.3) is 0 Å². The predicted octanol–water partition coefficient (Wildman–Crippen LogP) is 3.09.